The van der Waals surface area contributed by atoms with Crippen LogP contribution in [0.15, 0.2) is 41.6 Å². The lowest BCUT2D eigenvalue weighted by Crippen LogP contribution is -2.21. The summed E-state index contributed by atoms with van der Waals surface area (Å²) in [5, 5.41) is 0. The second-order valence-electron chi connectivity index (χ2n) is 3.10. The third-order valence-corrected chi connectivity index (χ3v) is 2.21. The Balaban J connectivity index is 2.39. The molecule has 1 atom stereocenters. The molecule has 1 N–H and O–H groups in total. The Labute approximate surface area is 81.2 Å². The molecule has 0 aromatic carbocycles. The first kappa shape index (κ1) is 8.74. The van der Waals surface area contributed by atoms with Gasteiger partial charge in [0.15, 0.2) is 0 Å². The Hall–Kier alpha value is -1.84. The normalized spacial score (nSPS) is 12.6. The Bertz CT molecular complexity index is 457. The van der Waals surface area contributed by atoms with Gasteiger partial charge in [-0.1, -0.05) is 6.07 Å². The van der Waals surface area contributed by atoms with Gasteiger partial charge in [0.1, 0.15) is 0 Å². The molecule has 0 radical (unpaired) electrons. The van der Waals surface area contributed by atoms with Crippen molar-refractivity contribution in [3.05, 3.63) is 53.0 Å². The highest BCUT2D eigenvalue weighted by atomic mass is 16.1. The molecule has 0 saturated carbocycles. The molecule has 1 unspecified atom stereocenters. The summed E-state index contributed by atoms with van der Waals surface area (Å²) in [5.74, 6) is 0. The summed E-state index contributed by atoms with van der Waals surface area (Å²) < 4.78 is 1.61. The molecule has 14 heavy (non-hydrogen) atoms. The predicted octanol–water partition coefficient (Wildman–Crippen LogP) is 1.18. The summed E-state index contributed by atoms with van der Waals surface area (Å²) in [5.41, 5.74) is 0.775. The summed E-state index contributed by atoms with van der Waals surface area (Å²) in [6, 6.07) is 5.64. The van der Waals surface area contributed by atoms with Crippen LogP contribution in [0.4, 0.5) is 0 Å². The van der Waals surface area contributed by atoms with Crippen LogP contribution < -0.4 is 5.69 Å². The van der Waals surface area contributed by atoms with Gasteiger partial charge >= 0.3 is 5.69 Å². The van der Waals surface area contributed by atoms with Crippen molar-refractivity contribution in [2.75, 3.05) is 0 Å². The maximum absolute atomic E-state index is 11.3. The fourth-order valence-corrected chi connectivity index (χ4v) is 1.40. The number of hydrogen-bond acceptors (Lipinski definition) is 2. The van der Waals surface area contributed by atoms with Crippen LogP contribution in [0.5, 0.6) is 0 Å². The summed E-state index contributed by atoms with van der Waals surface area (Å²) in [4.78, 5) is 18.1. The minimum atomic E-state index is -0.108. The summed E-state index contributed by atoms with van der Waals surface area (Å²) in [7, 11) is 0. The Kier molecular flexibility index (Phi) is 2.18. The van der Waals surface area contributed by atoms with Gasteiger partial charge in [-0.25, -0.2) is 4.79 Å². The number of aromatic amines is 1. The van der Waals surface area contributed by atoms with Crippen LogP contribution in [0.1, 0.15) is 18.7 Å². The summed E-state index contributed by atoms with van der Waals surface area (Å²) in [6.07, 6.45) is 5.08. The van der Waals surface area contributed by atoms with Crippen LogP contribution in [0, 0.1) is 0 Å². The Morgan fingerprint density at radius 1 is 1.50 bits per heavy atom. The van der Waals surface area contributed by atoms with E-state index in [9.17, 15) is 4.79 Å². The molecule has 2 aromatic heterocycles. The van der Waals surface area contributed by atoms with E-state index in [0.29, 0.717) is 0 Å². The first-order valence-corrected chi connectivity index (χ1v) is 4.45. The van der Waals surface area contributed by atoms with Gasteiger partial charge in [0.2, 0.25) is 0 Å². The number of pyridine rings is 1. The largest absolute Gasteiger partial charge is 0.326 e. The topological polar surface area (TPSA) is 50.7 Å². The highest BCUT2D eigenvalue weighted by Crippen LogP contribution is 2.11. The average molecular weight is 189 g/mol. The highest BCUT2D eigenvalue weighted by molar-refractivity contribution is 5.09. The number of nitrogens with one attached hydrogen (secondary N) is 1. The highest BCUT2D eigenvalue weighted by Gasteiger charge is 2.09. The molecular weight excluding hydrogens is 178 g/mol. The molecule has 0 spiro atoms. The summed E-state index contributed by atoms with van der Waals surface area (Å²) in [6.45, 7) is 1.94. The standard InChI is InChI=1S/C10H11N3O/c1-8(9-4-2-3-5-11-9)13-7-6-12-10(13)14/h2-8H,1H3,(H,12,14). The van der Waals surface area contributed by atoms with Crippen LogP contribution >= 0.6 is 0 Å². The van der Waals surface area contributed by atoms with E-state index in [-0.39, 0.29) is 11.7 Å². The van der Waals surface area contributed by atoms with Gasteiger partial charge < -0.3 is 4.98 Å². The number of aromatic nitrogens is 3. The van der Waals surface area contributed by atoms with E-state index < -0.39 is 0 Å². The van der Waals surface area contributed by atoms with Crippen LogP contribution in [0.2, 0.25) is 0 Å². The van der Waals surface area contributed by atoms with Crippen molar-refractivity contribution in [3.63, 3.8) is 0 Å². The second-order valence-corrected chi connectivity index (χ2v) is 3.10. The first-order valence-electron chi connectivity index (χ1n) is 4.45. The molecule has 0 aliphatic carbocycles. The van der Waals surface area contributed by atoms with E-state index in [0.717, 1.165) is 5.69 Å². The molecule has 0 saturated heterocycles. The molecule has 2 aromatic rings. The Morgan fingerprint density at radius 2 is 2.36 bits per heavy atom. The van der Waals surface area contributed by atoms with Crippen molar-refractivity contribution in [2.45, 2.75) is 13.0 Å². The van der Waals surface area contributed by atoms with Gasteiger partial charge in [-0.05, 0) is 19.1 Å². The smallest absolute Gasteiger partial charge is 0.313 e. The molecular formula is C10H11N3O. The lowest BCUT2D eigenvalue weighted by molar-refractivity contribution is 0.600. The van der Waals surface area contributed by atoms with Crippen molar-refractivity contribution in [3.8, 4) is 0 Å². The maximum Gasteiger partial charge on any atom is 0.326 e. The van der Waals surface area contributed by atoms with Gasteiger partial charge in [0, 0.05) is 18.6 Å². The zero-order valence-electron chi connectivity index (χ0n) is 7.84. The molecule has 4 heteroatoms. The zero-order valence-corrected chi connectivity index (χ0v) is 7.84. The molecule has 0 aliphatic heterocycles. The van der Waals surface area contributed by atoms with Gasteiger partial charge in [-0.2, -0.15) is 0 Å². The fourth-order valence-electron chi connectivity index (χ4n) is 1.40. The Morgan fingerprint density at radius 3 is 2.93 bits per heavy atom. The number of nitrogens with zero attached hydrogens (tertiary/aromatic N) is 2. The van der Waals surface area contributed by atoms with E-state index in [1.54, 1.807) is 23.2 Å². The van der Waals surface area contributed by atoms with Crippen LogP contribution in [-0.4, -0.2) is 14.5 Å². The lowest BCUT2D eigenvalue weighted by atomic mass is 10.2. The van der Waals surface area contributed by atoms with Crippen molar-refractivity contribution < 1.29 is 0 Å². The third-order valence-electron chi connectivity index (χ3n) is 2.21. The number of H-pyrrole nitrogens is 1. The average Bonchev–Trinajstić information content (AvgIpc) is 2.65. The molecule has 0 bridgehead atoms. The van der Waals surface area contributed by atoms with E-state index in [1.165, 1.54) is 0 Å². The summed E-state index contributed by atoms with van der Waals surface area (Å²) >= 11 is 0. The van der Waals surface area contributed by atoms with E-state index >= 15 is 0 Å². The van der Waals surface area contributed by atoms with E-state index in [4.69, 9.17) is 0 Å². The quantitative estimate of drug-likeness (QED) is 0.771. The number of imidazole rings is 1. The zero-order chi connectivity index (χ0) is 9.97. The third kappa shape index (κ3) is 1.46. The molecule has 0 amide bonds. The number of hydrogen-bond donors (Lipinski definition) is 1. The van der Waals surface area contributed by atoms with E-state index in [2.05, 4.69) is 9.97 Å². The first-order chi connectivity index (χ1) is 6.79. The lowest BCUT2D eigenvalue weighted by Gasteiger charge is -2.10. The fraction of sp³-hybridized carbons (Fsp3) is 0.200. The monoisotopic (exact) mass is 189 g/mol. The van der Waals surface area contributed by atoms with Crippen LogP contribution in [-0.2, 0) is 0 Å². The molecule has 72 valence electrons. The van der Waals surface area contributed by atoms with Crippen molar-refractivity contribution in [2.24, 2.45) is 0 Å². The van der Waals surface area contributed by atoms with Crippen molar-refractivity contribution in [1.82, 2.24) is 14.5 Å². The minimum Gasteiger partial charge on any atom is -0.313 e. The van der Waals surface area contributed by atoms with Gasteiger partial charge in [0.05, 0.1) is 11.7 Å². The van der Waals surface area contributed by atoms with Gasteiger partial charge in [-0.3, -0.25) is 9.55 Å². The predicted molar refractivity (Wildman–Crippen MR) is 53.1 cm³/mol. The molecule has 0 fully saturated rings. The van der Waals surface area contributed by atoms with Gasteiger partial charge in [0.25, 0.3) is 0 Å². The molecule has 0 aliphatic rings. The van der Waals surface area contributed by atoms with Crippen molar-refractivity contribution in [1.29, 1.82) is 0 Å². The van der Waals surface area contributed by atoms with Crippen LogP contribution in [0.3, 0.4) is 0 Å². The number of rotatable bonds is 2. The SMILES string of the molecule is CC(c1ccccn1)n1cc[nH]c1=O. The second kappa shape index (κ2) is 3.49. The molecule has 4 nitrogen and oxygen atoms in total. The van der Waals surface area contributed by atoms with Gasteiger partial charge in [-0.15, -0.1) is 0 Å². The molecule has 2 rings (SSSR count). The van der Waals surface area contributed by atoms with E-state index in [1.807, 2.05) is 25.1 Å². The van der Waals surface area contributed by atoms with Crippen molar-refractivity contribution >= 4 is 0 Å². The maximum atomic E-state index is 11.3. The van der Waals surface area contributed by atoms with Crippen LogP contribution in [0.25, 0.3) is 0 Å². The minimum absolute atomic E-state index is 0.0325. The molecule has 2 heterocycles.